The fraction of sp³-hybridized carbons (Fsp3) is 0.200. The third-order valence-corrected chi connectivity index (χ3v) is 3.92. The first-order chi connectivity index (χ1) is 13.1. The highest BCUT2D eigenvalue weighted by atomic mass is 19.1. The lowest BCUT2D eigenvalue weighted by Gasteiger charge is -2.10. The monoisotopic (exact) mass is 370 g/mol. The number of benzene rings is 2. The number of halogens is 1. The van der Waals surface area contributed by atoms with Crippen molar-refractivity contribution in [3.63, 3.8) is 0 Å². The second-order valence-corrected chi connectivity index (χ2v) is 5.74. The second-order valence-electron chi connectivity index (χ2n) is 5.74. The van der Waals surface area contributed by atoms with Crippen LogP contribution in [0.5, 0.6) is 11.5 Å². The van der Waals surface area contributed by atoms with Gasteiger partial charge in [0.2, 0.25) is 5.91 Å². The Balaban J connectivity index is 1.57. The van der Waals surface area contributed by atoms with Crippen LogP contribution in [0, 0.1) is 5.82 Å². The Hall–Kier alpha value is -3.35. The molecule has 6 nitrogen and oxygen atoms in total. The minimum absolute atomic E-state index is 0.177. The van der Waals surface area contributed by atoms with E-state index in [2.05, 4.69) is 10.3 Å². The summed E-state index contributed by atoms with van der Waals surface area (Å²) < 4.78 is 29.0. The van der Waals surface area contributed by atoms with E-state index in [0.717, 1.165) is 5.56 Å². The lowest BCUT2D eigenvalue weighted by Crippen LogP contribution is -2.12. The van der Waals surface area contributed by atoms with Crippen LogP contribution in [0.3, 0.4) is 0 Å². The van der Waals surface area contributed by atoms with E-state index in [4.69, 9.17) is 13.9 Å². The zero-order chi connectivity index (χ0) is 19.2. The lowest BCUT2D eigenvalue weighted by molar-refractivity contribution is -0.116. The average Bonchev–Trinajstić information content (AvgIpc) is 3.16. The summed E-state index contributed by atoms with van der Waals surface area (Å²) in [6.07, 6.45) is 2.12. The van der Waals surface area contributed by atoms with Gasteiger partial charge in [0, 0.05) is 30.2 Å². The number of carbonyl (C=O) groups is 1. The number of hydrogen-bond donors (Lipinski definition) is 1. The lowest BCUT2D eigenvalue weighted by atomic mass is 10.2. The molecule has 0 fully saturated rings. The van der Waals surface area contributed by atoms with Crippen LogP contribution < -0.4 is 14.8 Å². The molecule has 0 radical (unpaired) electrons. The minimum Gasteiger partial charge on any atom is -0.493 e. The van der Waals surface area contributed by atoms with Gasteiger partial charge in [0.25, 0.3) is 0 Å². The van der Waals surface area contributed by atoms with E-state index < -0.39 is 0 Å². The standard InChI is InChI=1S/C20H19FN2O4/c1-25-16-8-7-15(11-17(16)26-2)23-19(24)9-10-20-22-12-18(27-20)13-3-5-14(21)6-4-13/h3-8,11-12H,9-10H2,1-2H3,(H,23,24). The van der Waals surface area contributed by atoms with Gasteiger partial charge in [-0.15, -0.1) is 0 Å². The number of hydrogen-bond acceptors (Lipinski definition) is 5. The molecule has 0 aliphatic carbocycles. The van der Waals surface area contributed by atoms with Crippen LogP contribution in [0.25, 0.3) is 11.3 Å². The predicted molar refractivity (Wildman–Crippen MR) is 98.4 cm³/mol. The van der Waals surface area contributed by atoms with Crippen molar-refractivity contribution in [3.05, 3.63) is 60.4 Å². The van der Waals surface area contributed by atoms with Crippen LogP contribution in [-0.2, 0) is 11.2 Å². The first kappa shape index (κ1) is 18.4. The van der Waals surface area contributed by atoms with Gasteiger partial charge in [-0.2, -0.15) is 0 Å². The Kier molecular flexibility index (Phi) is 5.71. The SMILES string of the molecule is COc1ccc(NC(=O)CCc2ncc(-c3ccc(F)cc3)o2)cc1OC. The molecule has 0 spiro atoms. The average molecular weight is 370 g/mol. The molecule has 7 heteroatoms. The Bertz CT molecular complexity index is 922. The first-order valence-corrected chi connectivity index (χ1v) is 8.31. The highest BCUT2D eigenvalue weighted by Crippen LogP contribution is 2.29. The summed E-state index contributed by atoms with van der Waals surface area (Å²) in [6, 6.07) is 11.1. The molecular weight excluding hydrogens is 351 g/mol. The molecule has 0 aliphatic rings. The maximum atomic E-state index is 13.0. The van der Waals surface area contributed by atoms with Gasteiger partial charge in [0.1, 0.15) is 5.82 Å². The molecule has 27 heavy (non-hydrogen) atoms. The van der Waals surface area contributed by atoms with Gasteiger partial charge in [-0.3, -0.25) is 4.79 Å². The summed E-state index contributed by atoms with van der Waals surface area (Å²) in [5, 5.41) is 2.80. The van der Waals surface area contributed by atoms with Crippen LogP contribution in [-0.4, -0.2) is 25.1 Å². The molecule has 0 unspecified atom stereocenters. The summed E-state index contributed by atoms with van der Waals surface area (Å²) in [4.78, 5) is 16.3. The quantitative estimate of drug-likeness (QED) is 0.679. The maximum absolute atomic E-state index is 13.0. The molecule has 0 saturated carbocycles. The van der Waals surface area contributed by atoms with Crippen molar-refractivity contribution in [3.8, 4) is 22.8 Å². The van der Waals surface area contributed by atoms with Gasteiger partial charge in [0.15, 0.2) is 23.1 Å². The maximum Gasteiger partial charge on any atom is 0.224 e. The minimum atomic E-state index is -0.315. The van der Waals surface area contributed by atoms with E-state index >= 15 is 0 Å². The van der Waals surface area contributed by atoms with Crippen molar-refractivity contribution in [2.45, 2.75) is 12.8 Å². The topological polar surface area (TPSA) is 73.6 Å². The molecule has 3 aromatic rings. The highest BCUT2D eigenvalue weighted by Gasteiger charge is 2.11. The molecule has 3 rings (SSSR count). The van der Waals surface area contributed by atoms with E-state index in [9.17, 15) is 9.18 Å². The number of methoxy groups -OCH3 is 2. The van der Waals surface area contributed by atoms with E-state index in [0.29, 0.717) is 35.3 Å². The number of rotatable bonds is 7. The zero-order valence-electron chi connectivity index (χ0n) is 15.0. The first-order valence-electron chi connectivity index (χ1n) is 8.31. The van der Waals surface area contributed by atoms with E-state index in [1.807, 2.05) is 0 Å². The number of amides is 1. The largest absolute Gasteiger partial charge is 0.493 e. The molecule has 1 aromatic heterocycles. The smallest absolute Gasteiger partial charge is 0.224 e. The fourth-order valence-electron chi connectivity index (χ4n) is 2.53. The number of ether oxygens (including phenoxy) is 2. The normalized spacial score (nSPS) is 10.5. The summed E-state index contributed by atoms with van der Waals surface area (Å²) in [5.41, 5.74) is 1.34. The van der Waals surface area contributed by atoms with Crippen LogP contribution in [0.4, 0.5) is 10.1 Å². The number of nitrogens with one attached hydrogen (secondary N) is 1. The molecule has 0 bridgehead atoms. The summed E-state index contributed by atoms with van der Waals surface area (Å²) in [7, 11) is 3.08. The van der Waals surface area contributed by atoms with Crippen LogP contribution in [0.15, 0.2) is 53.1 Å². The molecule has 1 amide bonds. The van der Waals surface area contributed by atoms with Crippen LogP contribution >= 0.6 is 0 Å². The van der Waals surface area contributed by atoms with E-state index in [1.54, 1.807) is 43.6 Å². The molecule has 0 aliphatic heterocycles. The van der Waals surface area contributed by atoms with Crippen molar-refractivity contribution in [2.75, 3.05) is 19.5 Å². The van der Waals surface area contributed by atoms with Gasteiger partial charge in [-0.1, -0.05) is 0 Å². The number of aryl methyl sites for hydroxylation is 1. The molecule has 0 atom stereocenters. The molecule has 2 aromatic carbocycles. The second kappa shape index (κ2) is 8.35. The molecule has 140 valence electrons. The Morgan fingerprint density at radius 3 is 2.56 bits per heavy atom. The van der Waals surface area contributed by atoms with Gasteiger partial charge >= 0.3 is 0 Å². The summed E-state index contributed by atoms with van der Waals surface area (Å²) >= 11 is 0. The number of anilines is 1. The van der Waals surface area contributed by atoms with Crippen molar-refractivity contribution in [2.24, 2.45) is 0 Å². The molecule has 0 saturated heterocycles. The van der Waals surface area contributed by atoms with Crippen molar-refractivity contribution in [1.82, 2.24) is 4.98 Å². The van der Waals surface area contributed by atoms with Gasteiger partial charge in [0.05, 0.1) is 20.4 Å². The molecule has 1 heterocycles. The van der Waals surface area contributed by atoms with Crippen molar-refractivity contribution < 1.29 is 23.1 Å². The fourth-order valence-corrected chi connectivity index (χ4v) is 2.53. The number of oxazole rings is 1. The van der Waals surface area contributed by atoms with Crippen molar-refractivity contribution in [1.29, 1.82) is 0 Å². The van der Waals surface area contributed by atoms with E-state index in [1.165, 1.54) is 19.2 Å². The van der Waals surface area contributed by atoms with Gasteiger partial charge in [-0.05, 0) is 36.4 Å². The molecule has 1 N–H and O–H groups in total. The van der Waals surface area contributed by atoms with E-state index in [-0.39, 0.29) is 18.1 Å². The predicted octanol–water partition coefficient (Wildman–Crippen LogP) is 4.07. The van der Waals surface area contributed by atoms with Crippen molar-refractivity contribution >= 4 is 11.6 Å². The highest BCUT2D eigenvalue weighted by molar-refractivity contribution is 5.91. The Morgan fingerprint density at radius 1 is 1.11 bits per heavy atom. The van der Waals surface area contributed by atoms with Crippen LogP contribution in [0.2, 0.25) is 0 Å². The molecular formula is C20H19FN2O4. The summed E-state index contributed by atoms with van der Waals surface area (Å²) in [5.74, 6) is 1.60. The van der Waals surface area contributed by atoms with Gasteiger partial charge < -0.3 is 19.2 Å². The Morgan fingerprint density at radius 2 is 1.85 bits per heavy atom. The number of nitrogens with zero attached hydrogens (tertiary/aromatic N) is 1. The van der Waals surface area contributed by atoms with Crippen LogP contribution in [0.1, 0.15) is 12.3 Å². The number of carbonyl (C=O) groups excluding carboxylic acids is 1. The zero-order valence-corrected chi connectivity index (χ0v) is 15.0. The third-order valence-electron chi connectivity index (χ3n) is 3.92. The third kappa shape index (κ3) is 4.63. The Labute approximate surface area is 155 Å². The number of aromatic nitrogens is 1. The summed E-state index contributed by atoms with van der Waals surface area (Å²) in [6.45, 7) is 0. The van der Waals surface area contributed by atoms with Gasteiger partial charge in [-0.25, -0.2) is 9.37 Å².